The van der Waals surface area contributed by atoms with E-state index in [1.807, 2.05) is 24.3 Å². The molecule has 1 heterocycles. The summed E-state index contributed by atoms with van der Waals surface area (Å²) in [6.07, 6.45) is 1.11. The van der Waals surface area contributed by atoms with E-state index in [0.717, 1.165) is 12.1 Å². The third-order valence-corrected chi connectivity index (χ3v) is 4.72. The minimum atomic E-state index is -0.437. The molecule has 0 saturated carbocycles. The molecule has 0 aromatic heterocycles. The minimum absolute atomic E-state index is 0.0609. The van der Waals surface area contributed by atoms with Crippen molar-refractivity contribution in [3.8, 4) is 0 Å². The Kier molecular flexibility index (Phi) is 5.16. The number of nitrogens with one attached hydrogen (secondary N) is 1. The van der Waals surface area contributed by atoms with Gasteiger partial charge >= 0.3 is 0 Å². The summed E-state index contributed by atoms with van der Waals surface area (Å²) in [6.45, 7) is 3.89. The highest BCUT2D eigenvalue weighted by Gasteiger charge is 2.35. The normalized spacial score (nSPS) is 16.6. The van der Waals surface area contributed by atoms with Crippen LogP contribution in [-0.2, 0) is 16.0 Å². The lowest BCUT2D eigenvalue weighted by molar-refractivity contribution is -0.122. The molecule has 1 aliphatic rings. The summed E-state index contributed by atoms with van der Waals surface area (Å²) in [5.41, 5.74) is 2.97. The second-order valence-electron chi connectivity index (χ2n) is 6.52. The van der Waals surface area contributed by atoms with Gasteiger partial charge in [0.25, 0.3) is 0 Å². The number of rotatable bonds is 5. The Hall–Kier alpha value is -2.95. The van der Waals surface area contributed by atoms with Crippen LogP contribution in [0, 0.1) is 5.92 Å². The van der Waals surface area contributed by atoms with Crippen molar-refractivity contribution in [3.05, 3.63) is 59.7 Å². The molecule has 5 heteroatoms. The number of amides is 2. The summed E-state index contributed by atoms with van der Waals surface area (Å²) in [5, 5.41) is 2.81. The number of aryl methyl sites for hydroxylation is 1. The maximum absolute atomic E-state index is 12.6. The van der Waals surface area contributed by atoms with Gasteiger partial charge in [-0.2, -0.15) is 0 Å². The highest BCUT2D eigenvalue weighted by atomic mass is 16.2. The zero-order valence-corrected chi connectivity index (χ0v) is 15.0. The predicted octanol–water partition coefficient (Wildman–Crippen LogP) is 3.44. The molecule has 1 atom stereocenters. The van der Waals surface area contributed by atoms with Crippen molar-refractivity contribution in [1.29, 1.82) is 0 Å². The molecule has 0 spiro atoms. The Balaban J connectivity index is 1.72. The number of hydrogen-bond donors (Lipinski definition) is 1. The summed E-state index contributed by atoms with van der Waals surface area (Å²) in [4.78, 5) is 38.3. The maximum Gasteiger partial charge on any atom is 0.229 e. The molecule has 1 saturated heterocycles. The second-order valence-corrected chi connectivity index (χ2v) is 6.52. The fourth-order valence-corrected chi connectivity index (χ4v) is 3.18. The van der Waals surface area contributed by atoms with Crippen LogP contribution in [0.3, 0.4) is 0 Å². The zero-order chi connectivity index (χ0) is 18.7. The van der Waals surface area contributed by atoms with Crippen molar-refractivity contribution in [2.24, 2.45) is 5.92 Å². The monoisotopic (exact) mass is 350 g/mol. The van der Waals surface area contributed by atoms with Crippen molar-refractivity contribution in [2.45, 2.75) is 26.7 Å². The number of hydrogen-bond acceptors (Lipinski definition) is 3. The van der Waals surface area contributed by atoms with Crippen LogP contribution in [0.25, 0.3) is 0 Å². The van der Waals surface area contributed by atoms with Gasteiger partial charge in [0, 0.05) is 24.2 Å². The van der Waals surface area contributed by atoms with E-state index < -0.39 is 5.92 Å². The zero-order valence-electron chi connectivity index (χ0n) is 15.0. The average molecular weight is 350 g/mol. The number of carbonyl (C=O) groups is 3. The first-order valence-electron chi connectivity index (χ1n) is 8.79. The van der Waals surface area contributed by atoms with Crippen LogP contribution in [0.5, 0.6) is 0 Å². The van der Waals surface area contributed by atoms with E-state index in [-0.39, 0.29) is 24.0 Å². The third-order valence-electron chi connectivity index (χ3n) is 4.72. The standard InChI is InChI=1S/C21H22N2O3/c1-3-15-8-10-17(11-9-15)23-13-16(12-20(23)25)21(26)22-19-7-5-4-6-18(19)14(2)24/h4-11,16H,3,12-13H2,1-2H3,(H,22,26). The van der Waals surface area contributed by atoms with Crippen molar-refractivity contribution < 1.29 is 14.4 Å². The van der Waals surface area contributed by atoms with Gasteiger partial charge in [-0.1, -0.05) is 31.2 Å². The summed E-state index contributed by atoms with van der Waals surface area (Å²) in [7, 11) is 0. The summed E-state index contributed by atoms with van der Waals surface area (Å²) in [5.74, 6) is -0.844. The molecular weight excluding hydrogens is 328 g/mol. The molecule has 1 fully saturated rings. The van der Waals surface area contributed by atoms with Crippen LogP contribution in [0.2, 0.25) is 0 Å². The topological polar surface area (TPSA) is 66.5 Å². The number of para-hydroxylation sites is 1. The predicted molar refractivity (Wildman–Crippen MR) is 101 cm³/mol. The van der Waals surface area contributed by atoms with E-state index in [4.69, 9.17) is 0 Å². The lowest BCUT2D eigenvalue weighted by Gasteiger charge is -2.17. The van der Waals surface area contributed by atoms with Crippen LogP contribution in [0.1, 0.15) is 36.2 Å². The molecule has 1 unspecified atom stereocenters. The van der Waals surface area contributed by atoms with Crippen LogP contribution < -0.4 is 10.2 Å². The molecule has 0 aliphatic carbocycles. The molecule has 1 N–H and O–H groups in total. The quantitative estimate of drug-likeness (QED) is 0.840. The van der Waals surface area contributed by atoms with E-state index in [1.54, 1.807) is 29.2 Å². The Morgan fingerprint density at radius 1 is 1.12 bits per heavy atom. The number of anilines is 2. The number of benzene rings is 2. The summed E-state index contributed by atoms with van der Waals surface area (Å²) < 4.78 is 0. The summed E-state index contributed by atoms with van der Waals surface area (Å²) >= 11 is 0. The average Bonchev–Trinajstić information content (AvgIpc) is 3.04. The Labute approximate surface area is 153 Å². The van der Waals surface area contributed by atoms with Crippen molar-refractivity contribution >= 4 is 29.0 Å². The number of ketones is 1. The Morgan fingerprint density at radius 2 is 1.81 bits per heavy atom. The largest absolute Gasteiger partial charge is 0.325 e. The first-order chi connectivity index (χ1) is 12.5. The Morgan fingerprint density at radius 3 is 2.46 bits per heavy atom. The smallest absolute Gasteiger partial charge is 0.229 e. The Bertz CT molecular complexity index is 843. The number of nitrogens with zero attached hydrogens (tertiary/aromatic N) is 1. The van der Waals surface area contributed by atoms with Gasteiger partial charge in [-0.3, -0.25) is 14.4 Å². The molecule has 2 aromatic carbocycles. The molecule has 0 bridgehead atoms. The molecule has 5 nitrogen and oxygen atoms in total. The van der Waals surface area contributed by atoms with E-state index >= 15 is 0 Å². The third kappa shape index (κ3) is 3.67. The maximum atomic E-state index is 12.6. The first-order valence-corrected chi connectivity index (χ1v) is 8.79. The molecule has 0 radical (unpaired) electrons. The highest BCUT2D eigenvalue weighted by molar-refractivity contribution is 6.07. The van der Waals surface area contributed by atoms with E-state index in [2.05, 4.69) is 12.2 Å². The van der Waals surface area contributed by atoms with E-state index in [0.29, 0.717) is 17.8 Å². The number of carbonyl (C=O) groups excluding carboxylic acids is 3. The van der Waals surface area contributed by atoms with Crippen molar-refractivity contribution in [2.75, 3.05) is 16.8 Å². The highest BCUT2D eigenvalue weighted by Crippen LogP contribution is 2.27. The number of Topliss-reactive ketones (excluding diaryl/α,β-unsaturated/α-hetero) is 1. The first kappa shape index (κ1) is 17.9. The molecule has 26 heavy (non-hydrogen) atoms. The van der Waals surface area contributed by atoms with Gasteiger partial charge in [0.1, 0.15) is 0 Å². The second kappa shape index (κ2) is 7.52. The van der Waals surface area contributed by atoms with Gasteiger partial charge < -0.3 is 10.2 Å². The van der Waals surface area contributed by atoms with Gasteiger partial charge in [0.15, 0.2) is 5.78 Å². The van der Waals surface area contributed by atoms with Gasteiger partial charge in [-0.15, -0.1) is 0 Å². The molecule has 134 valence electrons. The lowest BCUT2D eigenvalue weighted by atomic mass is 10.1. The molecule has 1 aliphatic heterocycles. The summed E-state index contributed by atoms with van der Waals surface area (Å²) in [6, 6.07) is 14.7. The SMILES string of the molecule is CCc1ccc(N2CC(C(=O)Nc3ccccc3C(C)=O)CC2=O)cc1. The molecule has 3 rings (SSSR count). The van der Waals surface area contributed by atoms with Gasteiger partial charge in [0.2, 0.25) is 11.8 Å². The van der Waals surface area contributed by atoms with Gasteiger partial charge in [-0.05, 0) is 43.2 Å². The van der Waals surface area contributed by atoms with Crippen LogP contribution in [-0.4, -0.2) is 24.1 Å². The van der Waals surface area contributed by atoms with E-state index in [9.17, 15) is 14.4 Å². The van der Waals surface area contributed by atoms with Crippen molar-refractivity contribution in [3.63, 3.8) is 0 Å². The van der Waals surface area contributed by atoms with Crippen LogP contribution in [0.15, 0.2) is 48.5 Å². The van der Waals surface area contributed by atoms with Gasteiger partial charge in [0.05, 0.1) is 11.6 Å². The lowest BCUT2D eigenvalue weighted by Crippen LogP contribution is -2.28. The van der Waals surface area contributed by atoms with Crippen molar-refractivity contribution in [1.82, 2.24) is 0 Å². The molecule has 2 aromatic rings. The van der Waals surface area contributed by atoms with E-state index in [1.165, 1.54) is 12.5 Å². The van der Waals surface area contributed by atoms with Gasteiger partial charge in [-0.25, -0.2) is 0 Å². The fourth-order valence-electron chi connectivity index (χ4n) is 3.18. The van der Waals surface area contributed by atoms with Crippen LogP contribution in [0.4, 0.5) is 11.4 Å². The van der Waals surface area contributed by atoms with Crippen LogP contribution >= 0.6 is 0 Å². The fraction of sp³-hybridized carbons (Fsp3) is 0.286. The molecule has 2 amide bonds. The minimum Gasteiger partial charge on any atom is -0.325 e. The molecular formula is C21H22N2O3.